The first kappa shape index (κ1) is 12.1. The van der Waals surface area contributed by atoms with Gasteiger partial charge in [0.1, 0.15) is 0 Å². The molecule has 0 aliphatic rings. The molecule has 4 nitrogen and oxygen atoms in total. The number of thiazole rings is 1. The summed E-state index contributed by atoms with van der Waals surface area (Å²) in [7, 11) is 1.64. The largest absolute Gasteiger partial charge is 0.461 e. The number of carbonyl (C=O) groups is 1. The van der Waals surface area contributed by atoms with Crippen LogP contribution in [0.5, 0.6) is 0 Å². The minimum absolute atomic E-state index is 0.106. The van der Waals surface area contributed by atoms with Crippen LogP contribution in [-0.2, 0) is 9.47 Å². The number of ether oxygens (including phenoxy) is 2. The second-order valence-electron chi connectivity index (χ2n) is 3.22. The van der Waals surface area contributed by atoms with Gasteiger partial charge in [-0.3, -0.25) is 0 Å². The minimum atomic E-state index is -0.359. The van der Waals surface area contributed by atoms with Gasteiger partial charge in [-0.15, -0.1) is 11.3 Å². The molecule has 1 atom stereocenters. The molecule has 0 saturated carbocycles. The van der Waals surface area contributed by atoms with Gasteiger partial charge in [0, 0.05) is 18.9 Å². The Balaban J connectivity index is 2.31. The summed E-state index contributed by atoms with van der Waals surface area (Å²) in [6.07, 6.45) is 0.806. The summed E-state index contributed by atoms with van der Waals surface area (Å²) >= 11 is 1.44. The predicted molar refractivity (Wildman–Crippen MR) is 58.2 cm³/mol. The van der Waals surface area contributed by atoms with Crippen molar-refractivity contribution in [3.05, 3.63) is 16.1 Å². The zero-order valence-electron chi connectivity index (χ0n) is 9.15. The Hall–Kier alpha value is -0.940. The van der Waals surface area contributed by atoms with Crippen LogP contribution in [0.15, 0.2) is 5.38 Å². The third kappa shape index (κ3) is 3.97. The van der Waals surface area contributed by atoms with Crippen LogP contribution in [0.25, 0.3) is 0 Å². The fraction of sp³-hybridized carbons (Fsp3) is 0.600. The third-order valence-corrected chi connectivity index (χ3v) is 2.76. The maximum Gasteiger partial charge on any atom is 0.357 e. The van der Waals surface area contributed by atoms with Crippen molar-refractivity contribution in [2.24, 2.45) is 0 Å². The number of nitrogens with zero attached hydrogens (tertiary/aromatic N) is 1. The second kappa shape index (κ2) is 5.82. The fourth-order valence-corrected chi connectivity index (χ4v) is 1.55. The molecular weight excluding hydrogens is 214 g/mol. The van der Waals surface area contributed by atoms with E-state index in [1.54, 1.807) is 12.5 Å². The Morgan fingerprint density at radius 1 is 1.67 bits per heavy atom. The third-order valence-electron chi connectivity index (χ3n) is 1.99. The molecular formula is C10H15NO3S. The molecule has 0 aromatic carbocycles. The number of hydrogen-bond acceptors (Lipinski definition) is 5. The summed E-state index contributed by atoms with van der Waals surface area (Å²) in [5, 5.41) is 2.57. The Labute approximate surface area is 93.2 Å². The summed E-state index contributed by atoms with van der Waals surface area (Å²) in [4.78, 5) is 15.5. The Morgan fingerprint density at radius 3 is 2.93 bits per heavy atom. The number of methoxy groups -OCH3 is 1. The van der Waals surface area contributed by atoms with Crippen LogP contribution in [0.3, 0.4) is 0 Å². The van der Waals surface area contributed by atoms with E-state index in [-0.39, 0.29) is 12.1 Å². The summed E-state index contributed by atoms with van der Waals surface area (Å²) < 4.78 is 10.1. The monoisotopic (exact) mass is 229 g/mol. The molecule has 5 heteroatoms. The maximum atomic E-state index is 11.4. The van der Waals surface area contributed by atoms with Crippen LogP contribution in [0.1, 0.15) is 28.8 Å². The molecule has 0 radical (unpaired) electrons. The second-order valence-corrected chi connectivity index (χ2v) is 4.28. The molecule has 1 rings (SSSR count). The maximum absolute atomic E-state index is 11.4. The van der Waals surface area contributed by atoms with E-state index in [2.05, 4.69) is 4.98 Å². The van der Waals surface area contributed by atoms with Gasteiger partial charge in [0.25, 0.3) is 0 Å². The smallest absolute Gasteiger partial charge is 0.357 e. The molecule has 1 heterocycles. The van der Waals surface area contributed by atoms with Gasteiger partial charge in [-0.05, 0) is 13.8 Å². The Bertz CT molecular complexity index is 324. The van der Waals surface area contributed by atoms with Gasteiger partial charge >= 0.3 is 5.97 Å². The lowest BCUT2D eigenvalue weighted by Crippen LogP contribution is -2.13. The first-order chi connectivity index (χ1) is 7.13. The van der Waals surface area contributed by atoms with Crippen molar-refractivity contribution in [1.29, 1.82) is 0 Å². The summed E-state index contributed by atoms with van der Waals surface area (Å²) in [5.41, 5.74) is 0.391. The Kier molecular flexibility index (Phi) is 4.71. The number of esters is 1. The van der Waals surface area contributed by atoms with E-state index in [0.717, 1.165) is 5.01 Å². The van der Waals surface area contributed by atoms with E-state index in [1.165, 1.54) is 11.3 Å². The fourth-order valence-electron chi connectivity index (χ4n) is 0.967. The molecule has 15 heavy (non-hydrogen) atoms. The number of hydrogen-bond donors (Lipinski definition) is 0. The standard InChI is InChI=1S/C10H15NO3S/c1-7(13-3)4-5-14-10(12)9-6-15-8(2)11-9/h6-7H,4-5H2,1-3H3/t7-/m1/s1. The molecule has 0 fully saturated rings. The average molecular weight is 229 g/mol. The summed E-state index contributed by atoms with van der Waals surface area (Å²) in [5.74, 6) is -0.359. The lowest BCUT2D eigenvalue weighted by atomic mass is 10.3. The highest BCUT2D eigenvalue weighted by molar-refractivity contribution is 7.09. The van der Waals surface area contributed by atoms with Crippen molar-refractivity contribution >= 4 is 17.3 Å². The van der Waals surface area contributed by atoms with Gasteiger partial charge in [-0.1, -0.05) is 0 Å². The molecule has 0 N–H and O–H groups in total. The molecule has 0 aliphatic carbocycles. The highest BCUT2D eigenvalue weighted by Crippen LogP contribution is 2.09. The van der Waals surface area contributed by atoms with Crippen LogP contribution >= 0.6 is 11.3 Å². The van der Waals surface area contributed by atoms with Gasteiger partial charge in [0.15, 0.2) is 5.69 Å². The first-order valence-corrected chi connectivity index (χ1v) is 5.63. The normalized spacial score (nSPS) is 12.5. The first-order valence-electron chi connectivity index (χ1n) is 4.75. The summed E-state index contributed by atoms with van der Waals surface area (Å²) in [6.45, 7) is 4.15. The minimum Gasteiger partial charge on any atom is -0.461 e. The zero-order chi connectivity index (χ0) is 11.3. The van der Waals surface area contributed by atoms with Crippen molar-refractivity contribution in [3.63, 3.8) is 0 Å². The average Bonchev–Trinajstić information content (AvgIpc) is 2.64. The van der Waals surface area contributed by atoms with Crippen LogP contribution in [0.4, 0.5) is 0 Å². The lowest BCUT2D eigenvalue weighted by molar-refractivity contribution is 0.0385. The summed E-state index contributed by atoms with van der Waals surface area (Å²) in [6, 6.07) is 0. The SMILES string of the molecule is CO[C@H](C)CCOC(=O)c1csc(C)n1. The highest BCUT2D eigenvalue weighted by Gasteiger charge is 2.11. The number of aryl methyl sites for hydroxylation is 1. The number of rotatable bonds is 5. The van der Waals surface area contributed by atoms with Crippen molar-refractivity contribution in [3.8, 4) is 0 Å². The van der Waals surface area contributed by atoms with Gasteiger partial charge in [-0.2, -0.15) is 0 Å². The molecule has 0 saturated heterocycles. The van der Waals surface area contributed by atoms with E-state index < -0.39 is 0 Å². The number of aromatic nitrogens is 1. The molecule has 0 unspecified atom stereocenters. The topological polar surface area (TPSA) is 48.4 Å². The lowest BCUT2D eigenvalue weighted by Gasteiger charge is -2.08. The zero-order valence-corrected chi connectivity index (χ0v) is 9.97. The molecule has 0 spiro atoms. The van der Waals surface area contributed by atoms with Gasteiger partial charge in [0.05, 0.1) is 17.7 Å². The van der Waals surface area contributed by atoms with E-state index in [9.17, 15) is 4.79 Å². The van der Waals surface area contributed by atoms with E-state index >= 15 is 0 Å². The quantitative estimate of drug-likeness (QED) is 0.725. The molecule has 84 valence electrons. The van der Waals surface area contributed by atoms with Crippen LogP contribution in [-0.4, -0.2) is 30.8 Å². The van der Waals surface area contributed by atoms with E-state index in [4.69, 9.17) is 9.47 Å². The van der Waals surface area contributed by atoms with Crippen molar-refractivity contribution in [2.45, 2.75) is 26.4 Å². The van der Waals surface area contributed by atoms with E-state index in [0.29, 0.717) is 18.7 Å². The van der Waals surface area contributed by atoms with Gasteiger partial charge in [-0.25, -0.2) is 9.78 Å². The molecule has 1 aromatic heterocycles. The van der Waals surface area contributed by atoms with E-state index in [1.807, 2.05) is 13.8 Å². The van der Waals surface area contributed by atoms with Gasteiger partial charge in [0.2, 0.25) is 0 Å². The van der Waals surface area contributed by atoms with Crippen molar-refractivity contribution in [2.75, 3.05) is 13.7 Å². The Morgan fingerprint density at radius 2 is 2.40 bits per heavy atom. The van der Waals surface area contributed by atoms with Crippen LogP contribution in [0.2, 0.25) is 0 Å². The van der Waals surface area contributed by atoms with Gasteiger partial charge < -0.3 is 9.47 Å². The molecule has 0 amide bonds. The molecule has 0 aliphatic heterocycles. The van der Waals surface area contributed by atoms with Crippen LogP contribution in [0, 0.1) is 6.92 Å². The highest BCUT2D eigenvalue weighted by atomic mass is 32.1. The predicted octanol–water partition coefficient (Wildman–Crippen LogP) is 2.03. The molecule has 1 aromatic rings. The van der Waals surface area contributed by atoms with Crippen LogP contribution < -0.4 is 0 Å². The van der Waals surface area contributed by atoms with Crippen molar-refractivity contribution < 1.29 is 14.3 Å². The van der Waals surface area contributed by atoms with Crippen molar-refractivity contribution in [1.82, 2.24) is 4.98 Å². The number of carbonyl (C=O) groups excluding carboxylic acids is 1. The molecule has 0 bridgehead atoms.